The number of aromatic nitrogens is 3. The van der Waals surface area contributed by atoms with Gasteiger partial charge in [-0.2, -0.15) is 0 Å². The van der Waals surface area contributed by atoms with Gasteiger partial charge in [0.15, 0.2) is 5.13 Å². The van der Waals surface area contributed by atoms with Crippen LogP contribution in [0, 0.1) is 12.7 Å². The Kier molecular flexibility index (Phi) is 6.13. The third-order valence-electron chi connectivity index (χ3n) is 4.84. The molecule has 1 atom stereocenters. The van der Waals surface area contributed by atoms with Gasteiger partial charge in [-0.3, -0.25) is 14.9 Å². The van der Waals surface area contributed by atoms with Crippen molar-refractivity contribution < 1.29 is 18.4 Å². The Morgan fingerprint density at radius 2 is 2.03 bits per heavy atom. The fraction of sp³-hybridized carbons (Fsp3) is 0.182. The van der Waals surface area contributed by atoms with E-state index in [4.69, 9.17) is 4.42 Å². The van der Waals surface area contributed by atoms with Gasteiger partial charge in [0.2, 0.25) is 5.91 Å². The van der Waals surface area contributed by atoms with Crippen LogP contribution in [0.2, 0.25) is 0 Å². The number of benzene rings is 1. The molecule has 10 heteroatoms. The van der Waals surface area contributed by atoms with Crippen molar-refractivity contribution in [1.29, 1.82) is 0 Å². The van der Waals surface area contributed by atoms with Crippen LogP contribution in [0.15, 0.2) is 58.8 Å². The largest absolute Gasteiger partial charge is 0.469 e. The van der Waals surface area contributed by atoms with Crippen molar-refractivity contribution >= 4 is 28.3 Å². The second-order valence-electron chi connectivity index (χ2n) is 7.11. The highest BCUT2D eigenvalue weighted by Crippen LogP contribution is 2.22. The van der Waals surface area contributed by atoms with Crippen LogP contribution in [0.5, 0.6) is 0 Å². The number of nitrogens with one attached hydrogen (secondary N) is 2. The molecule has 1 unspecified atom stereocenters. The van der Waals surface area contributed by atoms with Gasteiger partial charge in [-0.05, 0) is 30.7 Å². The van der Waals surface area contributed by atoms with E-state index < -0.39 is 6.04 Å². The highest BCUT2D eigenvalue weighted by Gasteiger charge is 2.22. The fourth-order valence-corrected chi connectivity index (χ4v) is 3.92. The third-order valence-corrected chi connectivity index (χ3v) is 5.65. The Balaban J connectivity index is 1.45. The smallest absolute Gasteiger partial charge is 0.260 e. The molecule has 4 rings (SSSR count). The molecule has 0 saturated carbocycles. The maximum atomic E-state index is 13.4. The second kappa shape index (κ2) is 9.15. The topological polar surface area (TPSA) is 102 Å². The third kappa shape index (κ3) is 4.75. The number of halogens is 1. The van der Waals surface area contributed by atoms with Crippen LogP contribution in [0.4, 0.5) is 9.52 Å². The minimum Gasteiger partial charge on any atom is -0.469 e. The lowest BCUT2D eigenvalue weighted by Gasteiger charge is -2.19. The molecule has 3 aromatic heterocycles. The summed E-state index contributed by atoms with van der Waals surface area (Å²) in [5.41, 5.74) is 1.65. The quantitative estimate of drug-likeness (QED) is 0.445. The summed E-state index contributed by atoms with van der Waals surface area (Å²) in [6.45, 7) is 1.70. The predicted octanol–water partition coefficient (Wildman–Crippen LogP) is 3.62. The molecule has 0 bridgehead atoms. The molecule has 8 nitrogen and oxygen atoms in total. The molecule has 0 aliphatic rings. The van der Waals surface area contributed by atoms with E-state index in [0.29, 0.717) is 33.5 Å². The monoisotopic (exact) mass is 453 g/mol. The maximum absolute atomic E-state index is 13.4. The van der Waals surface area contributed by atoms with Gasteiger partial charge in [-0.25, -0.2) is 14.4 Å². The molecule has 2 N–H and O–H groups in total. The summed E-state index contributed by atoms with van der Waals surface area (Å²) >= 11 is 1.23. The van der Waals surface area contributed by atoms with Crippen molar-refractivity contribution in [3.63, 3.8) is 0 Å². The first-order chi connectivity index (χ1) is 15.4. The molecular weight excluding hydrogens is 433 g/mol. The number of anilines is 1. The van der Waals surface area contributed by atoms with E-state index in [1.807, 2.05) is 7.05 Å². The Labute approximate surface area is 187 Å². The molecule has 0 radical (unpaired) electrons. The molecule has 0 aliphatic heterocycles. The van der Waals surface area contributed by atoms with Gasteiger partial charge in [0.05, 0.1) is 23.9 Å². The van der Waals surface area contributed by atoms with Crippen molar-refractivity contribution in [2.75, 3.05) is 5.32 Å². The second-order valence-corrected chi connectivity index (χ2v) is 7.97. The highest BCUT2D eigenvalue weighted by molar-refractivity contribution is 7.14. The number of carbonyl (C=O) groups excluding carboxylic acids is 2. The predicted molar refractivity (Wildman–Crippen MR) is 117 cm³/mol. The molecule has 0 fully saturated rings. The van der Waals surface area contributed by atoms with Crippen LogP contribution >= 0.6 is 11.3 Å². The van der Waals surface area contributed by atoms with Crippen molar-refractivity contribution in [3.05, 3.63) is 88.6 Å². The number of furan rings is 1. The number of rotatable bonds is 7. The van der Waals surface area contributed by atoms with E-state index in [0.717, 1.165) is 0 Å². The zero-order valence-electron chi connectivity index (χ0n) is 17.3. The first-order valence-corrected chi connectivity index (χ1v) is 10.6. The molecule has 4 aromatic rings. The van der Waals surface area contributed by atoms with Gasteiger partial charge in [-0.15, -0.1) is 11.3 Å². The van der Waals surface area contributed by atoms with Gasteiger partial charge in [0.25, 0.3) is 5.91 Å². The van der Waals surface area contributed by atoms with Gasteiger partial charge in [-0.1, -0.05) is 12.1 Å². The lowest BCUT2D eigenvalue weighted by atomic mass is 10.1. The summed E-state index contributed by atoms with van der Waals surface area (Å²) in [6, 6.07) is 6.94. The van der Waals surface area contributed by atoms with Crippen molar-refractivity contribution in [1.82, 2.24) is 19.9 Å². The average molecular weight is 453 g/mol. The summed E-state index contributed by atoms with van der Waals surface area (Å²) in [6.07, 6.45) is 4.87. The first-order valence-electron chi connectivity index (χ1n) is 9.72. The van der Waals surface area contributed by atoms with Crippen molar-refractivity contribution in [2.24, 2.45) is 7.05 Å². The van der Waals surface area contributed by atoms with Crippen LogP contribution in [0.1, 0.15) is 39.2 Å². The number of nitrogens with zero attached hydrogens (tertiary/aromatic N) is 3. The molecule has 164 valence electrons. The minimum absolute atomic E-state index is 0.0131. The van der Waals surface area contributed by atoms with E-state index >= 15 is 0 Å². The number of hydrogen-bond donors (Lipinski definition) is 2. The van der Waals surface area contributed by atoms with Crippen molar-refractivity contribution in [2.45, 2.75) is 19.4 Å². The number of thiazole rings is 1. The molecule has 0 saturated heterocycles. The van der Waals surface area contributed by atoms with Crippen LogP contribution < -0.4 is 10.6 Å². The molecule has 0 aliphatic carbocycles. The number of aryl methyl sites for hydroxylation is 2. The first kappa shape index (κ1) is 21.4. The summed E-state index contributed by atoms with van der Waals surface area (Å²) in [5, 5.41) is 7.75. The van der Waals surface area contributed by atoms with E-state index in [2.05, 4.69) is 20.6 Å². The summed E-state index contributed by atoms with van der Waals surface area (Å²) < 4.78 is 20.3. The average Bonchev–Trinajstić information content (AvgIpc) is 3.49. The van der Waals surface area contributed by atoms with Crippen LogP contribution in [0.3, 0.4) is 0 Å². The van der Waals surface area contributed by atoms with Gasteiger partial charge >= 0.3 is 0 Å². The maximum Gasteiger partial charge on any atom is 0.260 e. The Morgan fingerprint density at radius 3 is 2.69 bits per heavy atom. The summed E-state index contributed by atoms with van der Waals surface area (Å²) in [4.78, 5) is 33.7. The van der Waals surface area contributed by atoms with E-state index in [-0.39, 0.29) is 24.1 Å². The molecule has 1 aromatic carbocycles. The number of hydrogen-bond acceptors (Lipinski definition) is 6. The van der Waals surface area contributed by atoms with Crippen LogP contribution in [-0.2, 0) is 18.3 Å². The molecular formula is C22H20FN5O3S. The Hall–Kier alpha value is -3.79. The molecule has 0 spiro atoms. The highest BCUT2D eigenvalue weighted by atomic mass is 32.1. The number of amides is 2. The number of imidazole rings is 1. The molecule has 3 heterocycles. The Bertz CT molecular complexity index is 1240. The normalized spacial score (nSPS) is 11.8. The summed E-state index contributed by atoms with van der Waals surface area (Å²) in [7, 11) is 1.82. The number of carbonyl (C=O) groups is 2. The summed E-state index contributed by atoms with van der Waals surface area (Å²) in [5.74, 6) is 0.164. The fourth-order valence-electron chi connectivity index (χ4n) is 3.21. The van der Waals surface area contributed by atoms with Gasteiger partial charge < -0.3 is 14.3 Å². The van der Waals surface area contributed by atoms with Gasteiger partial charge in [0.1, 0.15) is 23.4 Å². The van der Waals surface area contributed by atoms with Crippen LogP contribution in [-0.4, -0.2) is 26.3 Å². The molecule has 32 heavy (non-hydrogen) atoms. The van der Waals surface area contributed by atoms with Crippen LogP contribution in [0.25, 0.3) is 0 Å². The zero-order chi connectivity index (χ0) is 22.7. The minimum atomic E-state index is -0.551. The lowest BCUT2D eigenvalue weighted by molar-refractivity contribution is -0.121. The standard InChI is InChI=1S/C22H20FN5O3S/c1-13-17(7-10-31-13)21(30)27-22-25-16(12-32-22)11-18(29)26-19(20-24-8-9-28(20)2)14-3-5-15(23)6-4-14/h3-10,12,19H,11H2,1-2H3,(H,26,29)(H,25,27,30). The van der Waals surface area contributed by atoms with E-state index in [1.54, 1.807) is 47.5 Å². The Morgan fingerprint density at radius 1 is 1.25 bits per heavy atom. The van der Waals surface area contributed by atoms with Crippen molar-refractivity contribution in [3.8, 4) is 0 Å². The van der Waals surface area contributed by atoms with E-state index in [1.165, 1.54) is 29.7 Å². The van der Waals surface area contributed by atoms with E-state index in [9.17, 15) is 14.0 Å². The molecule has 2 amide bonds. The lowest BCUT2D eigenvalue weighted by Crippen LogP contribution is -2.32. The SMILES string of the molecule is Cc1occc1C(=O)Nc1nc(CC(=O)NC(c2ccc(F)cc2)c2nccn2C)cs1. The zero-order valence-corrected chi connectivity index (χ0v) is 18.1. The van der Waals surface area contributed by atoms with Gasteiger partial charge in [0, 0.05) is 24.8 Å².